The molecule has 0 radical (unpaired) electrons. The van der Waals surface area contributed by atoms with E-state index in [-0.39, 0.29) is 13.2 Å². The average molecular weight is 372 g/mol. The van der Waals surface area contributed by atoms with Gasteiger partial charge in [-0.25, -0.2) is 18.4 Å². The average Bonchev–Trinajstić information content (AvgIpc) is 3.11. The van der Waals surface area contributed by atoms with Gasteiger partial charge in [0.05, 0.1) is 13.2 Å². The number of aromatic nitrogens is 2. The van der Waals surface area contributed by atoms with Gasteiger partial charge < -0.3 is 9.47 Å². The molecule has 0 amide bonds. The number of hydrogen-bond donors (Lipinski definition) is 0. The van der Waals surface area contributed by atoms with Crippen LogP contribution in [0.25, 0.3) is 0 Å². The van der Waals surface area contributed by atoms with Crippen LogP contribution in [0.3, 0.4) is 0 Å². The maximum absolute atomic E-state index is 13.6. The first-order valence-corrected chi connectivity index (χ1v) is 7.37. The first-order chi connectivity index (χ1) is 12.4. The van der Waals surface area contributed by atoms with E-state index in [2.05, 4.69) is 19.1 Å². The summed E-state index contributed by atoms with van der Waals surface area (Å²) in [5.41, 5.74) is -1.35. The summed E-state index contributed by atoms with van der Waals surface area (Å²) in [7, 11) is 0. The summed E-state index contributed by atoms with van der Waals surface area (Å²) in [5.74, 6) is -4.12. The maximum Gasteiger partial charge on any atom is 0.559 e. The van der Waals surface area contributed by atoms with Crippen molar-refractivity contribution in [1.82, 2.24) is 9.46 Å². The molecule has 0 saturated heterocycles. The first kappa shape index (κ1) is 19.0. The van der Waals surface area contributed by atoms with Crippen LogP contribution in [-0.4, -0.2) is 40.8 Å². The van der Waals surface area contributed by atoms with Crippen LogP contribution >= 0.6 is 0 Å². The van der Waals surface area contributed by atoms with Crippen LogP contribution in [0.1, 0.15) is 34.8 Å². The number of carbonyl (C=O) groups is 3. The van der Waals surface area contributed by atoms with E-state index in [0.717, 1.165) is 24.5 Å². The van der Waals surface area contributed by atoms with Gasteiger partial charge >= 0.3 is 18.1 Å². The molecule has 0 aliphatic heterocycles. The van der Waals surface area contributed by atoms with Gasteiger partial charge in [0.25, 0.3) is 0 Å². The number of ether oxygens (including phenoxy) is 2. The SMILES string of the molecule is CCOC(=O)c1c(F)ccn1OC(=O)On1ccc(F)c1C(=O)OCC. The Balaban J connectivity index is 2.16. The van der Waals surface area contributed by atoms with Gasteiger partial charge in [-0.15, -0.1) is 0 Å². The molecule has 2 heterocycles. The van der Waals surface area contributed by atoms with Crippen molar-refractivity contribution in [2.24, 2.45) is 0 Å². The molecule has 9 nitrogen and oxygen atoms in total. The second-order valence-corrected chi connectivity index (χ2v) is 4.55. The molecule has 0 fully saturated rings. The van der Waals surface area contributed by atoms with Crippen LogP contribution in [0, 0.1) is 11.6 Å². The highest BCUT2D eigenvalue weighted by Crippen LogP contribution is 2.11. The molecule has 0 saturated carbocycles. The van der Waals surface area contributed by atoms with E-state index < -0.39 is 41.1 Å². The predicted molar refractivity (Wildman–Crippen MR) is 79.2 cm³/mol. The minimum Gasteiger partial charge on any atom is -0.461 e. The van der Waals surface area contributed by atoms with Crippen LogP contribution in [0.2, 0.25) is 0 Å². The Hall–Kier alpha value is -3.37. The van der Waals surface area contributed by atoms with Gasteiger partial charge in [0.1, 0.15) is 0 Å². The minimum atomic E-state index is -1.48. The summed E-state index contributed by atoms with van der Waals surface area (Å²) >= 11 is 0. The molecule has 26 heavy (non-hydrogen) atoms. The number of halogens is 2. The molecule has 2 aromatic heterocycles. The lowest BCUT2D eigenvalue weighted by molar-refractivity contribution is 0.0261. The van der Waals surface area contributed by atoms with E-state index in [1.165, 1.54) is 13.8 Å². The lowest BCUT2D eigenvalue weighted by atomic mass is 10.4. The van der Waals surface area contributed by atoms with Crippen molar-refractivity contribution in [2.75, 3.05) is 13.2 Å². The maximum atomic E-state index is 13.6. The molecule has 2 aromatic rings. The lowest BCUT2D eigenvalue weighted by Crippen LogP contribution is -2.32. The zero-order valence-electron chi connectivity index (χ0n) is 13.7. The third-order valence-corrected chi connectivity index (χ3v) is 2.89. The fraction of sp³-hybridized carbons (Fsp3) is 0.267. The van der Waals surface area contributed by atoms with Crippen LogP contribution in [0.15, 0.2) is 24.5 Å². The van der Waals surface area contributed by atoms with E-state index in [4.69, 9.17) is 0 Å². The molecule has 0 bridgehead atoms. The predicted octanol–water partition coefficient (Wildman–Crippen LogP) is 1.60. The van der Waals surface area contributed by atoms with Gasteiger partial charge in [-0.1, -0.05) is 0 Å². The number of carbonyl (C=O) groups excluding carboxylic acids is 3. The van der Waals surface area contributed by atoms with Crippen molar-refractivity contribution < 1.29 is 42.3 Å². The number of nitrogens with zero attached hydrogens (tertiary/aromatic N) is 2. The minimum absolute atomic E-state index is 0.0283. The molecule has 0 aliphatic rings. The number of esters is 2. The molecular weight excluding hydrogens is 358 g/mol. The highest BCUT2D eigenvalue weighted by Gasteiger charge is 2.25. The second-order valence-electron chi connectivity index (χ2n) is 4.55. The summed E-state index contributed by atoms with van der Waals surface area (Å²) in [5, 5.41) is 0. The fourth-order valence-electron chi connectivity index (χ4n) is 1.89. The molecular formula is C15H14F2N2O7. The third kappa shape index (κ3) is 3.99. The van der Waals surface area contributed by atoms with E-state index in [9.17, 15) is 23.2 Å². The van der Waals surface area contributed by atoms with E-state index in [1.54, 1.807) is 0 Å². The van der Waals surface area contributed by atoms with E-state index in [1.807, 2.05) is 0 Å². The summed E-state index contributed by atoms with van der Waals surface area (Å²) in [6, 6.07) is 1.72. The lowest BCUT2D eigenvalue weighted by Gasteiger charge is -2.10. The van der Waals surface area contributed by atoms with Gasteiger partial charge in [-0.05, 0) is 26.0 Å². The Morgan fingerprint density at radius 2 is 1.23 bits per heavy atom. The molecule has 11 heteroatoms. The van der Waals surface area contributed by atoms with Gasteiger partial charge in [0.2, 0.25) is 11.4 Å². The monoisotopic (exact) mass is 372 g/mol. The second kappa shape index (κ2) is 8.14. The van der Waals surface area contributed by atoms with Gasteiger partial charge in [0, 0.05) is 12.4 Å². The first-order valence-electron chi connectivity index (χ1n) is 7.37. The zero-order chi connectivity index (χ0) is 19.3. The molecule has 0 aliphatic carbocycles. The highest BCUT2D eigenvalue weighted by atomic mass is 19.1. The Bertz CT molecular complexity index is 762. The zero-order valence-corrected chi connectivity index (χ0v) is 13.7. The van der Waals surface area contributed by atoms with Crippen LogP contribution in [0.4, 0.5) is 13.6 Å². The van der Waals surface area contributed by atoms with Gasteiger partial charge in [0.15, 0.2) is 11.6 Å². The summed E-state index contributed by atoms with van der Waals surface area (Å²) in [4.78, 5) is 44.5. The molecule has 0 unspecified atom stereocenters. The van der Waals surface area contributed by atoms with Crippen molar-refractivity contribution >= 4 is 18.1 Å². The van der Waals surface area contributed by atoms with E-state index in [0.29, 0.717) is 9.46 Å². The van der Waals surface area contributed by atoms with Crippen LogP contribution in [-0.2, 0) is 9.47 Å². The van der Waals surface area contributed by atoms with Crippen LogP contribution < -0.4 is 9.68 Å². The van der Waals surface area contributed by atoms with Crippen molar-refractivity contribution in [3.8, 4) is 0 Å². The number of rotatable bonds is 6. The van der Waals surface area contributed by atoms with Crippen LogP contribution in [0.5, 0.6) is 0 Å². The highest BCUT2D eigenvalue weighted by molar-refractivity contribution is 5.88. The van der Waals surface area contributed by atoms with Crippen molar-refractivity contribution in [3.63, 3.8) is 0 Å². The summed E-state index contributed by atoms with van der Waals surface area (Å²) in [6.45, 7) is 2.96. The smallest absolute Gasteiger partial charge is 0.461 e. The Morgan fingerprint density at radius 1 is 0.846 bits per heavy atom. The summed E-state index contributed by atoms with van der Waals surface area (Å²) < 4.78 is 37.6. The summed E-state index contributed by atoms with van der Waals surface area (Å²) in [6.07, 6.45) is 0.392. The molecule has 2 rings (SSSR count). The van der Waals surface area contributed by atoms with Crippen molar-refractivity contribution in [2.45, 2.75) is 13.8 Å². The van der Waals surface area contributed by atoms with Crippen molar-refractivity contribution in [3.05, 3.63) is 47.5 Å². The molecule has 140 valence electrons. The van der Waals surface area contributed by atoms with Gasteiger partial charge in [-0.3, -0.25) is 9.68 Å². The van der Waals surface area contributed by atoms with E-state index >= 15 is 0 Å². The Labute approximate surface area is 145 Å². The molecule has 0 aromatic carbocycles. The molecule has 0 spiro atoms. The third-order valence-electron chi connectivity index (χ3n) is 2.89. The normalized spacial score (nSPS) is 10.3. The quantitative estimate of drug-likeness (QED) is 0.710. The van der Waals surface area contributed by atoms with Gasteiger partial charge in [-0.2, -0.15) is 14.3 Å². The molecule has 0 N–H and O–H groups in total. The standard InChI is InChI=1S/C15H14F2N2O7/c1-3-23-13(20)11-9(16)5-7-18(11)25-15(22)26-19-8-6-10(17)12(19)14(21)24-4-2/h5-8H,3-4H2,1-2H3. The Kier molecular flexibility index (Phi) is 5.94. The fourth-order valence-corrected chi connectivity index (χ4v) is 1.89. The largest absolute Gasteiger partial charge is 0.559 e. The Morgan fingerprint density at radius 3 is 1.58 bits per heavy atom. The number of hydrogen-bond acceptors (Lipinski definition) is 7. The molecule has 0 atom stereocenters. The van der Waals surface area contributed by atoms with Crippen molar-refractivity contribution in [1.29, 1.82) is 0 Å². The topological polar surface area (TPSA) is 98.0 Å².